The number of alkyl halides is 1. The summed E-state index contributed by atoms with van der Waals surface area (Å²) in [6.07, 6.45) is 1.09. The summed E-state index contributed by atoms with van der Waals surface area (Å²) < 4.78 is 5.05. The van der Waals surface area contributed by atoms with Crippen LogP contribution in [0.3, 0.4) is 0 Å². The van der Waals surface area contributed by atoms with Gasteiger partial charge in [-0.25, -0.2) is 9.78 Å². The molecule has 0 bridgehead atoms. The van der Waals surface area contributed by atoms with Gasteiger partial charge in [0, 0.05) is 11.6 Å². The van der Waals surface area contributed by atoms with Crippen LogP contribution in [0.1, 0.15) is 31.3 Å². The van der Waals surface area contributed by atoms with Gasteiger partial charge in [0.2, 0.25) is 0 Å². The summed E-state index contributed by atoms with van der Waals surface area (Å²) >= 11 is 7.28. The fourth-order valence-electron chi connectivity index (χ4n) is 0.832. The Labute approximate surface area is 97.6 Å². The van der Waals surface area contributed by atoms with Crippen molar-refractivity contribution < 1.29 is 9.53 Å². The lowest BCUT2D eigenvalue weighted by Gasteiger charge is -2.20. The van der Waals surface area contributed by atoms with Crippen molar-refractivity contribution in [1.29, 1.82) is 0 Å². The predicted molar refractivity (Wildman–Crippen MR) is 60.1 cm³/mol. The average molecular weight is 249 g/mol. The predicted octanol–water partition coefficient (Wildman–Crippen LogP) is 2.91. The van der Waals surface area contributed by atoms with E-state index in [1.807, 2.05) is 0 Å². The Hall–Kier alpha value is -0.810. The average Bonchev–Trinajstić information content (AvgIpc) is 2.50. The number of hydrogen-bond donors (Lipinski definition) is 1. The van der Waals surface area contributed by atoms with Crippen molar-refractivity contribution >= 4 is 29.0 Å². The fourth-order valence-corrected chi connectivity index (χ4v) is 1.69. The first kappa shape index (κ1) is 12.3. The van der Waals surface area contributed by atoms with E-state index < -0.39 is 17.2 Å². The molecule has 0 aromatic carbocycles. The molecule has 15 heavy (non-hydrogen) atoms. The minimum absolute atomic E-state index is 0.524. The Balaban J connectivity index is 2.45. The number of alkyl carbamates (subject to hydrolysis) is 1. The molecule has 84 valence electrons. The van der Waals surface area contributed by atoms with Gasteiger partial charge in [-0.3, -0.25) is 5.32 Å². The van der Waals surface area contributed by atoms with Gasteiger partial charge in [-0.2, -0.15) is 0 Å². The lowest BCUT2D eigenvalue weighted by atomic mass is 10.2. The van der Waals surface area contributed by atoms with Crippen LogP contribution in [0.4, 0.5) is 4.79 Å². The summed E-state index contributed by atoms with van der Waals surface area (Å²) in [6.45, 7) is 5.37. The van der Waals surface area contributed by atoms with E-state index in [2.05, 4.69) is 10.3 Å². The number of rotatable bonds is 2. The van der Waals surface area contributed by atoms with Crippen LogP contribution in [-0.2, 0) is 4.74 Å². The first-order valence-corrected chi connectivity index (χ1v) is 5.73. The molecule has 0 radical (unpaired) electrons. The van der Waals surface area contributed by atoms with Crippen LogP contribution in [0.15, 0.2) is 11.6 Å². The smallest absolute Gasteiger partial charge is 0.409 e. The van der Waals surface area contributed by atoms with E-state index in [4.69, 9.17) is 16.3 Å². The monoisotopic (exact) mass is 248 g/mol. The number of ether oxygens (including phenoxy) is 1. The SMILES string of the molecule is CC(C)(C)OC(=O)NC(Cl)c1nccs1. The third-order valence-electron chi connectivity index (χ3n) is 1.31. The topological polar surface area (TPSA) is 51.2 Å². The lowest BCUT2D eigenvalue weighted by Crippen LogP contribution is -2.33. The zero-order valence-corrected chi connectivity index (χ0v) is 10.4. The van der Waals surface area contributed by atoms with Gasteiger partial charge in [0.15, 0.2) is 5.50 Å². The molecule has 1 rings (SSSR count). The van der Waals surface area contributed by atoms with Crippen LogP contribution >= 0.6 is 22.9 Å². The van der Waals surface area contributed by atoms with E-state index >= 15 is 0 Å². The van der Waals surface area contributed by atoms with Gasteiger partial charge in [-0.05, 0) is 20.8 Å². The summed E-state index contributed by atoms with van der Waals surface area (Å²) in [6, 6.07) is 0. The Bertz CT molecular complexity index is 321. The van der Waals surface area contributed by atoms with Gasteiger partial charge in [-0.1, -0.05) is 11.6 Å². The largest absolute Gasteiger partial charge is 0.444 e. The molecule has 1 aromatic rings. The highest BCUT2D eigenvalue weighted by molar-refractivity contribution is 7.09. The molecule has 1 aromatic heterocycles. The van der Waals surface area contributed by atoms with Crippen LogP contribution in [0.5, 0.6) is 0 Å². The van der Waals surface area contributed by atoms with E-state index in [9.17, 15) is 4.79 Å². The van der Waals surface area contributed by atoms with Crippen LogP contribution in [0, 0.1) is 0 Å². The molecule has 1 amide bonds. The van der Waals surface area contributed by atoms with Gasteiger partial charge < -0.3 is 4.74 Å². The molecule has 6 heteroatoms. The molecule has 0 aliphatic heterocycles. The Morgan fingerprint density at radius 2 is 2.33 bits per heavy atom. The molecule has 0 saturated carbocycles. The molecule has 1 atom stereocenters. The number of nitrogens with zero attached hydrogens (tertiary/aromatic N) is 1. The molecule has 0 spiro atoms. The molecule has 0 aliphatic carbocycles. The van der Waals surface area contributed by atoms with E-state index in [0.717, 1.165) is 0 Å². The number of halogens is 1. The number of nitrogens with one attached hydrogen (secondary N) is 1. The molecule has 1 heterocycles. The zero-order chi connectivity index (χ0) is 11.5. The highest BCUT2D eigenvalue weighted by Crippen LogP contribution is 2.19. The van der Waals surface area contributed by atoms with E-state index in [1.54, 1.807) is 32.3 Å². The molecule has 0 saturated heterocycles. The molecule has 4 nitrogen and oxygen atoms in total. The highest BCUT2D eigenvalue weighted by Gasteiger charge is 2.19. The Morgan fingerprint density at radius 1 is 1.67 bits per heavy atom. The van der Waals surface area contributed by atoms with Gasteiger partial charge in [0.05, 0.1) is 0 Å². The third kappa shape index (κ3) is 4.48. The summed E-state index contributed by atoms with van der Waals surface area (Å²) in [7, 11) is 0. The second-order valence-corrected chi connectivity index (χ2v) is 5.24. The minimum atomic E-state index is -0.639. The van der Waals surface area contributed by atoms with E-state index in [-0.39, 0.29) is 0 Å². The van der Waals surface area contributed by atoms with Crippen molar-refractivity contribution in [1.82, 2.24) is 10.3 Å². The van der Waals surface area contributed by atoms with Crippen LogP contribution in [0.25, 0.3) is 0 Å². The normalized spacial score (nSPS) is 13.3. The van der Waals surface area contributed by atoms with Crippen LogP contribution in [0.2, 0.25) is 0 Å². The summed E-state index contributed by atoms with van der Waals surface area (Å²) in [5.74, 6) is 0. The van der Waals surface area contributed by atoms with Crippen molar-refractivity contribution in [2.45, 2.75) is 31.9 Å². The Morgan fingerprint density at radius 3 is 2.80 bits per heavy atom. The number of carbonyl (C=O) groups excluding carboxylic acids is 1. The maximum Gasteiger partial charge on any atom is 0.409 e. The van der Waals surface area contributed by atoms with Gasteiger partial charge in [0.1, 0.15) is 10.6 Å². The van der Waals surface area contributed by atoms with Crippen molar-refractivity contribution in [3.8, 4) is 0 Å². The number of carbonyl (C=O) groups is 1. The summed E-state index contributed by atoms with van der Waals surface area (Å²) in [5.41, 5.74) is -1.16. The quantitative estimate of drug-likeness (QED) is 0.647. The number of aromatic nitrogens is 1. The number of hydrogen-bond acceptors (Lipinski definition) is 4. The third-order valence-corrected chi connectivity index (χ3v) is 2.60. The lowest BCUT2D eigenvalue weighted by molar-refractivity contribution is 0.0520. The van der Waals surface area contributed by atoms with Crippen LogP contribution < -0.4 is 5.32 Å². The molecule has 0 fully saturated rings. The van der Waals surface area contributed by atoms with Crippen molar-refractivity contribution in [3.63, 3.8) is 0 Å². The standard InChI is InChI=1S/C9H13ClN2O2S/c1-9(2,3)14-8(13)12-6(10)7-11-4-5-15-7/h4-6H,1-3H3,(H,12,13). The maximum absolute atomic E-state index is 11.3. The molecule has 1 unspecified atom stereocenters. The van der Waals surface area contributed by atoms with E-state index in [1.165, 1.54) is 11.3 Å². The molecule has 0 aliphatic rings. The number of thiazole rings is 1. The van der Waals surface area contributed by atoms with Crippen molar-refractivity contribution in [3.05, 3.63) is 16.6 Å². The Kier molecular flexibility index (Phi) is 3.93. The second-order valence-electron chi connectivity index (χ2n) is 3.88. The van der Waals surface area contributed by atoms with Gasteiger partial charge in [0.25, 0.3) is 0 Å². The zero-order valence-electron chi connectivity index (χ0n) is 8.78. The van der Waals surface area contributed by atoms with Crippen LogP contribution in [-0.4, -0.2) is 16.7 Å². The number of amides is 1. The van der Waals surface area contributed by atoms with Gasteiger partial charge in [-0.15, -0.1) is 11.3 Å². The highest BCUT2D eigenvalue weighted by atomic mass is 35.5. The molecule has 1 N–H and O–H groups in total. The van der Waals surface area contributed by atoms with Crippen molar-refractivity contribution in [2.75, 3.05) is 0 Å². The van der Waals surface area contributed by atoms with E-state index in [0.29, 0.717) is 5.01 Å². The molecular formula is C9H13ClN2O2S. The first-order chi connectivity index (χ1) is 6.88. The second kappa shape index (κ2) is 4.81. The maximum atomic E-state index is 11.3. The van der Waals surface area contributed by atoms with Gasteiger partial charge >= 0.3 is 6.09 Å². The first-order valence-electron chi connectivity index (χ1n) is 4.41. The summed E-state index contributed by atoms with van der Waals surface area (Å²) in [4.78, 5) is 15.3. The minimum Gasteiger partial charge on any atom is -0.444 e. The van der Waals surface area contributed by atoms with Crippen molar-refractivity contribution in [2.24, 2.45) is 0 Å². The molecular weight excluding hydrogens is 236 g/mol. The fraction of sp³-hybridized carbons (Fsp3) is 0.556. The summed E-state index contributed by atoms with van der Waals surface area (Å²) in [5, 5.41) is 4.93.